The minimum atomic E-state index is -5.08. The second-order valence-electron chi connectivity index (χ2n) is 8.32. The minimum Gasteiger partial charge on any atom is -0.475 e. The SMILES string of the molecule is Cn1cc(CN2CCc3ncnc(NC4CCC4)c3CC2)cn1.O=C(O)C(F)(F)F.O=C(O)C(F)(F)F. The molecule has 1 aliphatic carbocycles. The van der Waals surface area contributed by atoms with Crippen molar-refractivity contribution in [2.24, 2.45) is 7.05 Å². The fourth-order valence-electron chi connectivity index (χ4n) is 3.41. The van der Waals surface area contributed by atoms with Crippen molar-refractivity contribution in [2.45, 2.75) is 57.0 Å². The Labute approximate surface area is 207 Å². The monoisotopic (exact) mass is 540 g/mol. The molecule has 0 atom stereocenters. The van der Waals surface area contributed by atoms with Gasteiger partial charge in [-0.25, -0.2) is 19.6 Å². The second-order valence-corrected chi connectivity index (χ2v) is 8.32. The molecule has 2 aromatic heterocycles. The zero-order valence-corrected chi connectivity index (χ0v) is 19.7. The van der Waals surface area contributed by atoms with Crippen LogP contribution in [0.4, 0.5) is 32.2 Å². The molecule has 0 aromatic carbocycles. The van der Waals surface area contributed by atoms with E-state index in [1.165, 1.54) is 36.1 Å². The maximum atomic E-state index is 10.6. The molecule has 1 saturated carbocycles. The van der Waals surface area contributed by atoms with E-state index in [0.717, 1.165) is 38.3 Å². The van der Waals surface area contributed by atoms with Crippen LogP contribution in [0.3, 0.4) is 0 Å². The van der Waals surface area contributed by atoms with Crippen LogP contribution >= 0.6 is 0 Å². The first-order valence-electron chi connectivity index (χ1n) is 11.1. The molecule has 1 aliphatic heterocycles. The summed E-state index contributed by atoms with van der Waals surface area (Å²) in [4.78, 5) is 29.3. The van der Waals surface area contributed by atoms with Gasteiger partial charge in [0.2, 0.25) is 0 Å². The number of halogens is 6. The number of carbonyl (C=O) groups is 2. The van der Waals surface area contributed by atoms with Crippen molar-refractivity contribution in [3.05, 3.63) is 35.5 Å². The summed E-state index contributed by atoms with van der Waals surface area (Å²) in [5.41, 5.74) is 3.82. The van der Waals surface area contributed by atoms with Gasteiger partial charge in [0, 0.05) is 56.5 Å². The summed E-state index contributed by atoms with van der Waals surface area (Å²) in [6.45, 7) is 3.05. The predicted octanol–water partition coefficient (Wildman–Crippen LogP) is 3.04. The average Bonchev–Trinajstić information content (AvgIpc) is 3.05. The fourth-order valence-corrected chi connectivity index (χ4v) is 3.41. The van der Waals surface area contributed by atoms with Crippen molar-refractivity contribution in [1.82, 2.24) is 24.6 Å². The van der Waals surface area contributed by atoms with Gasteiger partial charge in [-0.2, -0.15) is 31.4 Å². The number of nitrogens with zero attached hydrogens (tertiary/aromatic N) is 5. The molecule has 0 saturated heterocycles. The van der Waals surface area contributed by atoms with E-state index in [1.54, 1.807) is 6.33 Å². The number of aliphatic carboxylic acids is 2. The molecular weight excluding hydrogens is 514 g/mol. The van der Waals surface area contributed by atoms with Crippen LogP contribution in [0.15, 0.2) is 18.7 Å². The first-order valence-corrected chi connectivity index (χ1v) is 11.1. The minimum absolute atomic E-state index is 0.615. The van der Waals surface area contributed by atoms with Crippen molar-refractivity contribution < 1.29 is 46.1 Å². The lowest BCUT2D eigenvalue weighted by molar-refractivity contribution is -0.193. The van der Waals surface area contributed by atoms with Crippen LogP contribution in [-0.4, -0.2) is 78.3 Å². The van der Waals surface area contributed by atoms with Gasteiger partial charge in [-0.1, -0.05) is 0 Å². The standard InChI is InChI=1S/C17H24N6.2C2HF3O2/c1-22-10-13(9-20-22)11-23-7-5-15-16(6-8-23)18-12-19-17(15)21-14-3-2-4-14;2*3-2(4,5)1(6)7/h9-10,12,14H,2-8,11H2,1H3,(H,18,19,21);2*(H,6,7). The molecule has 0 spiro atoms. The van der Waals surface area contributed by atoms with Crippen LogP contribution < -0.4 is 5.32 Å². The molecule has 2 aromatic rings. The summed E-state index contributed by atoms with van der Waals surface area (Å²) >= 11 is 0. The number of alkyl halides is 6. The Morgan fingerprint density at radius 1 is 1.03 bits per heavy atom. The lowest BCUT2D eigenvalue weighted by atomic mass is 9.93. The third-order valence-corrected chi connectivity index (χ3v) is 5.47. The normalized spacial score (nSPS) is 16.1. The molecule has 206 valence electrons. The molecule has 0 bridgehead atoms. The Bertz CT molecular complexity index is 1030. The largest absolute Gasteiger partial charge is 0.490 e. The summed E-state index contributed by atoms with van der Waals surface area (Å²) in [5.74, 6) is -4.44. The van der Waals surface area contributed by atoms with E-state index < -0.39 is 24.3 Å². The van der Waals surface area contributed by atoms with Crippen LogP contribution in [0.25, 0.3) is 0 Å². The number of carboxylic acid groups (broad SMARTS) is 2. The van der Waals surface area contributed by atoms with Crippen LogP contribution in [0.5, 0.6) is 0 Å². The lowest BCUT2D eigenvalue weighted by Crippen LogP contribution is -2.28. The van der Waals surface area contributed by atoms with Gasteiger partial charge < -0.3 is 15.5 Å². The summed E-state index contributed by atoms with van der Waals surface area (Å²) in [6.07, 6.45) is 1.50. The molecule has 3 heterocycles. The Hall–Kier alpha value is -3.43. The van der Waals surface area contributed by atoms with Gasteiger partial charge in [0.1, 0.15) is 12.1 Å². The number of hydrogen-bond acceptors (Lipinski definition) is 7. The highest BCUT2D eigenvalue weighted by Gasteiger charge is 2.38. The summed E-state index contributed by atoms with van der Waals surface area (Å²) < 4.78 is 65.3. The summed E-state index contributed by atoms with van der Waals surface area (Å²) in [5, 5.41) is 22.1. The molecule has 3 N–H and O–H groups in total. The topological polar surface area (TPSA) is 133 Å². The molecular formula is C21H26F6N6O4. The summed E-state index contributed by atoms with van der Waals surface area (Å²) in [6, 6.07) is 0.615. The van der Waals surface area contributed by atoms with Crippen LogP contribution in [0.2, 0.25) is 0 Å². The van der Waals surface area contributed by atoms with Crippen LogP contribution in [0, 0.1) is 0 Å². The van der Waals surface area contributed by atoms with Crippen molar-refractivity contribution >= 4 is 17.8 Å². The molecule has 37 heavy (non-hydrogen) atoms. The highest BCUT2D eigenvalue weighted by atomic mass is 19.4. The van der Waals surface area contributed by atoms with E-state index in [4.69, 9.17) is 19.8 Å². The third-order valence-electron chi connectivity index (χ3n) is 5.47. The van der Waals surface area contributed by atoms with Crippen molar-refractivity contribution in [3.63, 3.8) is 0 Å². The van der Waals surface area contributed by atoms with E-state index in [0.29, 0.717) is 6.04 Å². The Kier molecular flexibility index (Phi) is 10.2. The highest BCUT2D eigenvalue weighted by molar-refractivity contribution is 5.73. The molecule has 0 radical (unpaired) electrons. The Morgan fingerprint density at radius 3 is 2.05 bits per heavy atom. The van der Waals surface area contributed by atoms with E-state index in [2.05, 4.69) is 31.5 Å². The maximum Gasteiger partial charge on any atom is 0.490 e. The maximum absolute atomic E-state index is 10.6. The van der Waals surface area contributed by atoms with Crippen LogP contribution in [0.1, 0.15) is 36.1 Å². The van der Waals surface area contributed by atoms with Gasteiger partial charge in [0.25, 0.3) is 0 Å². The fraction of sp³-hybridized carbons (Fsp3) is 0.571. The van der Waals surface area contributed by atoms with Gasteiger partial charge in [-0.15, -0.1) is 0 Å². The highest BCUT2D eigenvalue weighted by Crippen LogP contribution is 2.26. The predicted molar refractivity (Wildman–Crippen MR) is 117 cm³/mol. The lowest BCUT2D eigenvalue weighted by Gasteiger charge is -2.28. The van der Waals surface area contributed by atoms with Gasteiger partial charge in [-0.05, 0) is 25.7 Å². The van der Waals surface area contributed by atoms with Gasteiger partial charge in [-0.3, -0.25) is 9.58 Å². The number of aromatic nitrogens is 4. The first kappa shape index (κ1) is 29.8. The molecule has 1 fully saturated rings. The number of hydrogen-bond donors (Lipinski definition) is 3. The number of nitrogens with one attached hydrogen (secondary N) is 1. The zero-order valence-electron chi connectivity index (χ0n) is 19.7. The third kappa shape index (κ3) is 9.86. The van der Waals surface area contributed by atoms with Gasteiger partial charge in [0.15, 0.2) is 0 Å². The number of aryl methyl sites for hydroxylation is 1. The quantitative estimate of drug-likeness (QED) is 0.501. The van der Waals surface area contributed by atoms with E-state index in [9.17, 15) is 26.3 Å². The smallest absolute Gasteiger partial charge is 0.475 e. The molecule has 2 aliphatic rings. The molecule has 4 rings (SSSR count). The molecule has 0 amide bonds. The zero-order chi connectivity index (χ0) is 27.8. The van der Waals surface area contributed by atoms with E-state index in [1.807, 2.05) is 17.9 Å². The number of fused-ring (bicyclic) bond motifs is 1. The molecule has 0 unspecified atom stereocenters. The van der Waals surface area contributed by atoms with Gasteiger partial charge in [0.05, 0.1) is 11.9 Å². The van der Waals surface area contributed by atoms with Crippen molar-refractivity contribution in [1.29, 1.82) is 0 Å². The van der Waals surface area contributed by atoms with E-state index >= 15 is 0 Å². The van der Waals surface area contributed by atoms with Crippen molar-refractivity contribution in [3.8, 4) is 0 Å². The second kappa shape index (κ2) is 12.7. The summed E-state index contributed by atoms with van der Waals surface area (Å²) in [7, 11) is 1.97. The average molecular weight is 540 g/mol. The van der Waals surface area contributed by atoms with Crippen LogP contribution in [-0.2, 0) is 36.0 Å². The van der Waals surface area contributed by atoms with E-state index in [-0.39, 0.29) is 0 Å². The first-order chi connectivity index (χ1) is 17.2. The molecule has 10 nitrogen and oxygen atoms in total. The Balaban J connectivity index is 0.000000286. The number of anilines is 1. The molecule has 16 heteroatoms. The van der Waals surface area contributed by atoms with Crippen molar-refractivity contribution in [2.75, 3.05) is 18.4 Å². The number of carboxylic acids is 2. The van der Waals surface area contributed by atoms with Gasteiger partial charge >= 0.3 is 24.3 Å². The Morgan fingerprint density at radius 2 is 1.59 bits per heavy atom. The number of rotatable bonds is 4.